The van der Waals surface area contributed by atoms with Gasteiger partial charge in [-0.2, -0.15) is 13.2 Å². The molecule has 1 aromatic heterocycles. The number of thioether (sulfide) groups is 1. The van der Waals surface area contributed by atoms with Crippen LogP contribution in [0, 0.1) is 6.92 Å². The van der Waals surface area contributed by atoms with Crippen LogP contribution in [0.3, 0.4) is 0 Å². The van der Waals surface area contributed by atoms with Gasteiger partial charge in [0.25, 0.3) is 0 Å². The topological polar surface area (TPSA) is 51.9 Å². The minimum absolute atomic E-state index is 0.447. The molecule has 3 aromatic carbocycles. The zero-order valence-electron chi connectivity index (χ0n) is 21.0. The van der Waals surface area contributed by atoms with Gasteiger partial charge in [-0.1, -0.05) is 30.3 Å². The molecule has 4 rings (SSSR count). The van der Waals surface area contributed by atoms with Gasteiger partial charge in [0.15, 0.2) is 5.75 Å². The lowest BCUT2D eigenvalue weighted by molar-refractivity contribution is -0.211. The number of furan rings is 1. The Morgan fingerprint density at radius 3 is 2.34 bits per heavy atom. The average Bonchev–Trinajstić information content (AvgIpc) is 3.29. The van der Waals surface area contributed by atoms with Crippen LogP contribution >= 0.6 is 11.8 Å². The van der Waals surface area contributed by atoms with Crippen molar-refractivity contribution >= 4 is 23.4 Å². The van der Waals surface area contributed by atoms with E-state index in [1.807, 2.05) is 62.5 Å². The number of alkyl halides is 3. The van der Waals surface area contributed by atoms with Crippen molar-refractivity contribution < 1.29 is 32.2 Å². The van der Waals surface area contributed by atoms with E-state index < -0.39 is 17.7 Å². The van der Waals surface area contributed by atoms with E-state index in [2.05, 4.69) is 9.79 Å². The van der Waals surface area contributed by atoms with Crippen LogP contribution in [0.2, 0.25) is 0 Å². The lowest BCUT2D eigenvalue weighted by atomic mass is 10.1. The number of aryl methyl sites for hydroxylation is 1. The van der Waals surface area contributed by atoms with E-state index >= 15 is 0 Å². The molecule has 38 heavy (non-hydrogen) atoms. The van der Waals surface area contributed by atoms with E-state index in [1.165, 1.54) is 19.1 Å². The zero-order chi connectivity index (χ0) is 27.3. The van der Waals surface area contributed by atoms with Gasteiger partial charge in [-0.05, 0) is 61.0 Å². The van der Waals surface area contributed by atoms with E-state index in [9.17, 15) is 18.0 Å². The maximum atomic E-state index is 13.0. The molecule has 0 radical (unpaired) electrons. The molecule has 0 unspecified atom stereocenters. The summed E-state index contributed by atoms with van der Waals surface area (Å²) < 4.78 is 45.3. The third-order valence-corrected chi connectivity index (χ3v) is 6.80. The van der Waals surface area contributed by atoms with Crippen molar-refractivity contribution in [2.45, 2.75) is 37.2 Å². The van der Waals surface area contributed by atoms with Crippen LogP contribution in [0.25, 0.3) is 11.3 Å². The molecule has 0 bridgehead atoms. The predicted octanol–water partition coefficient (Wildman–Crippen LogP) is 8.06. The van der Waals surface area contributed by atoms with Gasteiger partial charge in [0.1, 0.15) is 11.5 Å². The lowest BCUT2D eigenvalue weighted by Gasteiger charge is -2.18. The molecule has 4 aromatic rings. The Balaban J connectivity index is 1.57. The third kappa shape index (κ3) is 6.92. The Morgan fingerprint density at radius 1 is 1.00 bits per heavy atom. The highest BCUT2D eigenvalue weighted by molar-refractivity contribution is 7.98. The number of benzene rings is 3. The zero-order valence-corrected chi connectivity index (χ0v) is 21.9. The highest BCUT2D eigenvalue weighted by Crippen LogP contribution is 2.35. The monoisotopic (exact) mass is 541 g/mol. The van der Waals surface area contributed by atoms with E-state index in [0.29, 0.717) is 29.4 Å². The van der Waals surface area contributed by atoms with Crippen LogP contribution in [-0.2, 0) is 28.2 Å². The molecule has 9 heteroatoms. The first-order valence-corrected chi connectivity index (χ1v) is 12.7. The summed E-state index contributed by atoms with van der Waals surface area (Å²) in [6.45, 7) is 3.59. The van der Waals surface area contributed by atoms with Crippen molar-refractivity contribution in [3.8, 4) is 17.1 Å². The number of hydrogen-bond donors (Lipinski definition) is 0. The van der Waals surface area contributed by atoms with Crippen LogP contribution < -0.4 is 9.79 Å². The second-order valence-electron chi connectivity index (χ2n) is 8.70. The van der Waals surface area contributed by atoms with Gasteiger partial charge in [-0.25, -0.2) is 4.79 Å². The van der Waals surface area contributed by atoms with Crippen LogP contribution in [0.5, 0.6) is 5.75 Å². The molecule has 0 saturated carbocycles. The Morgan fingerprint density at radius 2 is 1.71 bits per heavy atom. The van der Waals surface area contributed by atoms with Gasteiger partial charge in [-0.15, -0.1) is 11.8 Å². The number of anilines is 1. The van der Waals surface area contributed by atoms with Crippen molar-refractivity contribution in [2.75, 3.05) is 11.9 Å². The molecule has 5 nitrogen and oxygen atoms in total. The average molecular weight is 542 g/mol. The fraction of sp³-hybridized carbons (Fsp3) is 0.207. The van der Waals surface area contributed by atoms with E-state index in [0.717, 1.165) is 39.6 Å². The summed E-state index contributed by atoms with van der Waals surface area (Å²) >= 11 is 1.58. The summed E-state index contributed by atoms with van der Waals surface area (Å²) in [6.07, 6.45) is -4.40. The molecule has 0 amide bonds. The van der Waals surface area contributed by atoms with E-state index in [4.69, 9.17) is 9.30 Å². The smallest absolute Gasteiger partial charge is 0.416 e. The predicted molar refractivity (Wildman–Crippen MR) is 141 cm³/mol. The Kier molecular flexibility index (Phi) is 8.36. The first kappa shape index (κ1) is 27.2. The fourth-order valence-electron chi connectivity index (χ4n) is 3.75. The normalized spacial score (nSPS) is 11.3. The quantitative estimate of drug-likeness (QED) is 0.121. The fourth-order valence-corrected chi connectivity index (χ4v) is 4.74. The molecule has 0 aliphatic heterocycles. The molecule has 0 fully saturated rings. The Bertz CT molecular complexity index is 1390. The molecule has 0 atom stereocenters. The summed E-state index contributed by atoms with van der Waals surface area (Å²) in [5.74, 6) is 1.71. The van der Waals surface area contributed by atoms with Crippen molar-refractivity contribution in [3.05, 3.63) is 101 Å². The standard InChI is InChI=1S/C29H26F3NO4S/c1-19-15-25(13-14-26(19)37-36-20(2)34)38-18-22-16-27(21-9-11-23(12-10-21)29(30,31)32)35-28(22)17-33(3)24-7-5-4-6-8-24/h4-16H,17-18H2,1-3H3. The number of para-hydroxylation sites is 1. The molecule has 0 aliphatic carbocycles. The lowest BCUT2D eigenvalue weighted by Crippen LogP contribution is -2.16. The summed E-state index contributed by atoms with van der Waals surface area (Å²) in [5.41, 5.74) is 2.62. The maximum Gasteiger partial charge on any atom is 0.416 e. The minimum atomic E-state index is -4.40. The molecule has 198 valence electrons. The number of nitrogens with zero attached hydrogens (tertiary/aromatic N) is 1. The van der Waals surface area contributed by atoms with Gasteiger partial charge < -0.3 is 9.32 Å². The molecule has 1 heterocycles. The van der Waals surface area contributed by atoms with Crippen molar-refractivity contribution in [1.82, 2.24) is 0 Å². The van der Waals surface area contributed by atoms with Crippen molar-refractivity contribution in [3.63, 3.8) is 0 Å². The summed E-state index contributed by atoms with van der Waals surface area (Å²) in [7, 11) is 1.96. The van der Waals surface area contributed by atoms with Crippen LogP contribution in [-0.4, -0.2) is 13.0 Å². The molecule has 0 saturated heterocycles. The maximum absolute atomic E-state index is 13.0. The third-order valence-electron chi connectivity index (χ3n) is 5.76. The number of halogens is 3. The highest BCUT2D eigenvalue weighted by atomic mass is 32.2. The number of carbonyl (C=O) groups is 1. The summed E-state index contributed by atoms with van der Waals surface area (Å²) in [4.78, 5) is 23.7. The van der Waals surface area contributed by atoms with Gasteiger partial charge >= 0.3 is 12.1 Å². The first-order chi connectivity index (χ1) is 18.1. The van der Waals surface area contributed by atoms with Gasteiger partial charge in [0.05, 0.1) is 12.1 Å². The van der Waals surface area contributed by atoms with Crippen LogP contribution in [0.15, 0.2) is 88.2 Å². The minimum Gasteiger partial charge on any atom is -0.459 e. The van der Waals surface area contributed by atoms with E-state index in [-0.39, 0.29) is 0 Å². The second kappa shape index (κ2) is 11.7. The Hall–Kier alpha value is -3.85. The van der Waals surface area contributed by atoms with Crippen molar-refractivity contribution in [2.24, 2.45) is 0 Å². The van der Waals surface area contributed by atoms with E-state index in [1.54, 1.807) is 17.8 Å². The number of rotatable bonds is 9. The number of hydrogen-bond acceptors (Lipinski definition) is 6. The molecule has 0 aliphatic rings. The first-order valence-electron chi connectivity index (χ1n) is 11.7. The molecule has 0 spiro atoms. The largest absolute Gasteiger partial charge is 0.459 e. The van der Waals surface area contributed by atoms with Crippen LogP contribution in [0.4, 0.5) is 18.9 Å². The molecule has 0 N–H and O–H groups in total. The second-order valence-corrected chi connectivity index (χ2v) is 9.75. The van der Waals surface area contributed by atoms with Crippen LogP contribution in [0.1, 0.15) is 29.4 Å². The van der Waals surface area contributed by atoms with Gasteiger partial charge in [0, 0.05) is 41.4 Å². The summed E-state index contributed by atoms with van der Waals surface area (Å²) in [5, 5.41) is 0. The van der Waals surface area contributed by atoms with Gasteiger partial charge in [-0.3, -0.25) is 9.78 Å². The number of carbonyl (C=O) groups excluding carboxylic acids is 1. The van der Waals surface area contributed by atoms with Gasteiger partial charge in [0.2, 0.25) is 0 Å². The highest BCUT2D eigenvalue weighted by Gasteiger charge is 2.30. The molecular formula is C29H26F3NO4S. The molecular weight excluding hydrogens is 515 g/mol. The Labute approximate surface area is 223 Å². The SMILES string of the molecule is CC(=O)OOc1ccc(SCc2cc(-c3ccc(C(F)(F)F)cc3)oc2CN(C)c2ccccc2)cc1C. The summed E-state index contributed by atoms with van der Waals surface area (Å²) in [6, 6.07) is 22.2. The van der Waals surface area contributed by atoms with Crippen molar-refractivity contribution in [1.29, 1.82) is 0 Å².